The molecule has 0 aliphatic heterocycles. The zero-order chi connectivity index (χ0) is 21.0. The lowest BCUT2D eigenvalue weighted by molar-refractivity contribution is 0.244. The Morgan fingerprint density at radius 2 is 1.27 bits per heavy atom. The summed E-state index contributed by atoms with van der Waals surface area (Å²) < 4.78 is 0. The quantitative estimate of drug-likeness (QED) is 0.310. The van der Waals surface area contributed by atoms with Gasteiger partial charge in [-0.25, -0.2) is 0 Å². The third-order valence-electron chi connectivity index (χ3n) is 7.73. The van der Waals surface area contributed by atoms with Gasteiger partial charge in [-0.3, -0.25) is 0 Å². The first kappa shape index (κ1) is 22.6. The summed E-state index contributed by atoms with van der Waals surface area (Å²) in [4.78, 5) is 0. The fraction of sp³-hybridized carbons (Fsp3) is 0.643. The van der Waals surface area contributed by atoms with E-state index >= 15 is 0 Å². The van der Waals surface area contributed by atoms with Gasteiger partial charge in [0.25, 0.3) is 0 Å². The maximum Gasteiger partial charge on any atom is 0.0991 e. The second-order valence-corrected chi connectivity index (χ2v) is 9.73. The molecule has 0 amide bonds. The summed E-state index contributed by atoms with van der Waals surface area (Å²) in [5, 5.41) is 17.5. The molecule has 0 bridgehead atoms. The van der Waals surface area contributed by atoms with Gasteiger partial charge in [0.2, 0.25) is 0 Å². The summed E-state index contributed by atoms with van der Waals surface area (Å²) in [5.74, 6) is 3.52. The average Bonchev–Trinajstić information content (AvgIpc) is 2.81. The fourth-order valence-corrected chi connectivity index (χ4v) is 5.76. The van der Waals surface area contributed by atoms with E-state index in [9.17, 15) is 0 Å². The lowest BCUT2D eigenvalue weighted by atomic mass is 9.76. The molecule has 2 saturated carbocycles. The van der Waals surface area contributed by atoms with Gasteiger partial charge in [-0.05, 0) is 79.9 Å². The van der Waals surface area contributed by atoms with Crippen LogP contribution in [0.5, 0.6) is 0 Å². The first-order valence-corrected chi connectivity index (χ1v) is 12.3. The molecule has 0 aromatic heterocycles. The molecule has 2 aliphatic carbocycles. The summed E-state index contributed by atoms with van der Waals surface area (Å²) in [6.07, 6.45) is 22.8. The number of nitriles is 2. The van der Waals surface area contributed by atoms with E-state index in [1.54, 1.807) is 6.08 Å². The zero-order valence-corrected chi connectivity index (χ0v) is 18.6. The van der Waals surface area contributed by atoms with Crippen molar-refractivity contribution in [3.63, 3.8) is 0 Å². The third kappa shape index (κ3) is 7.32. The molecule has 30 heavy (non-hydrogen) atoms. The molecule has 0 saturated heterocycles. The molecule has 1 aromatic rings. The van der Waals surface area contributed by atoms with Gasteiger partial charge in [0.15, 0.2) is 0 Å². The fourth-order valence-electron chi connectivity index (χ4n) is 5.76. The maximum absolute atomic E-state index is 8.96. The molecule has 0 heterocycles. The Kier molecular flexibility index (Phi) is 9.50. The second-order valence-electron chi connectivity index (χ2n) is 9.73. The van der Waals surface area contributed by atoms with Crippen LogP contribution < -0.4 is 0 Å². The standard InChI is InChI=1S/C28H38N2/c29-21-5-1-2-6-23-9-11-24(12-10-23)7-3-4-8-25-13-17-27(18-14-25)28-19-15-26(22-30)16-20-28/h1,5,15-16,19-20,23-25,27H,2-4,6-14,17-18H2/b5-1+. The van der Waals surface area contributed by atoms with E-state index in [0.717, 1.165) is 29.7 Å². The number of nitrogens with zero attached hydrogens (tertiary/aromatic N) is 2. The van der Waals surface area contributed by atoms with E-state index in [2.05, 4.69) is 24.3 Å². The number of hydrogen-bond donors (Lipinski definition) is 0. The van der Waals surface area contributed by atoms with Crippen LogP contribution >= 0.6 is 0 Å². The molecule has 0 spiro atoms. The first-order valence-electron chi connectivity index (χ1n) is 12.3. The van der Waals surface area contributed by atoms with Crippen LogP contribution in [0.4, 0.5) is 0 Å². The Bertz CT molecular complexity index is 717. The maximum atomic E-state index is 8.96. The van der Waals surface area contributed by atoms with Gasteiger partial charge in [-0.2, -0.15) is 10.5 Å². The van der Waals surface area contributed by atoms with Gasteiger partial charge in [-0.1, -0.05) is 69.6 Å². The largest absolute Gasteiger partial charge is 0.193 e. The SMILES string of the molecule is N#C/C=C/CCC1CCC(CCCCC2CCC(c3ccc(C#N)cc3)CC2)CC1. The Hall–Kier alpha value is -2.06. The molecule has 160 valence electrons. The molecule has 2 heteroatoms. The predicted octanol–water partition coefficient (Wildman–Crippen LogP) is 8.06. The first-order chi connectivity index (χ1) is 14.8. The number of hydrogen-bond acceptors (Lipinski definition) is 2. The summed E-state index contributed by atoms with van der Waals surface area (Å²) in [7, 11) is 0. The molecule has 0 N–H and O–H groups in total. The molecule has 2 aliphatic rings. The highest BCUT2D eigenvalue weighted by atomic mass is 14.3. The van der Waals surface area contributed by atoms with Crippen LogP contribution in [-0.4, -0.2) is 0 Å². The van der Waals surface area contributed by atoms with Crippen molar-refractivity contribution in [2.24, 2.45) is 17.8 Å². The number of benzene rings is 1. The van der Waals surface area contributed by atoms with Gasteiger partial charge in [0, 0.05) is 6.08 Å². The molecule has 0 radical (unpaired) electrons. The topological polar surface area (TPSA) is 47.6 Å². The van der Waals surface area contributed by atoms with E-state index in [1.807, 2.05) is 18.2 Å². The lowest BCUT2D eigenvalue weighted by Crippen LogP contribution is -2.15. The van der Waals surface area contributed by atoms with Crippen molar-refractivity contribution >= 4 is 0 Å². The Balaban J connectivity index is 1.24. The van der Waals surface area contributed by atoms with Crippen molar-refractivity contribution in [3.05, 3.63) is 47.5 Å². The van der Waals surface area contributed by atoms with E-state index in [1.165, 1.54) is 89.0 Å². The molecule has 2 nitrogen and oxygen atoms in total. The smallest absolute Gasteiger partial charge is 0.0991 e. The highest BCUT2D eigenvalue weighted by molar-refractivity contribution is 5.33. The van der Waals surface area contributed by atoms with Crippen molar-refractivity contribution in [1.29, 1.82) is 10.5 Å². The minimum Gasteiger partial charge on any atom is -0.193 e. The van der Waals surface area contributed by atoms with E-state index in [0.29, 0.717) is 5.92 Å². The van der Waals surface area contributed by atoms with E-state index in [4.69, 9.17) is 10.5 Å². The van der Waals surface area contributed by atoms with Gasteiger partial charge in [-0.15, -0.1) is 0 Å². The zero-order valence-electron chi connectivity index (χ0n) is 18.6. The Morgan fingerprint density at radius 3 is 1.80 bits per heavy atom. The van der Waals surface area contributed by atoms with Crippen LogP contribution in [0.15, 0.2) is 36.4 Å². The summed E-state index contributed by atoms with van der Waals surface area (Å²) in [5.41, 5.74) is 2.21. The Morgan fingerprint density at radius 1 is 0.733 bits per heavy atom. The summed E-state index contributed by atoms with van der Waals surface area (Å²) in [6, 6.07) is 12.6. The van der Waals surface area contributed by atoms with Crippen molar-refractivity contribution in [2.75, 3.05) is 0 Å². The lowest BCUT2D eigenvalue weighted by Gasteiger charge is -2.30. The van der Waals surface area contributed by atoms with Crippen LogP contribution in [0, 0.1) is 40.4 Å². The minimum atomic E-state index is 0.708. The van der Waals surface area contributed by atoms with Crippen LogP contribution in [0.25, 0.3) is 0 Å². The predicted molar refractivity (Wildman–Crippen MR) is 124 cm³/mol. The second kappa shape index (κ2) is 12.6. The van der Waals surface area contributed by atoms with Crippen molar-refractivity contribution < 1.29 is 0 Å². The number of rotatable bonds is 9. The summed E-state index contributed by atoms with van der Waals surface area (Å²) in [6.45, 7) is 0. The van der Waals surface area contributed by atoms with Crippen LogP contribution in [0.1, 0.15) is 107 Å². The van der Waals surface area contributed by atoms with Gasteiger partial charge in [0.05, 0.1) is 17.7 Å². The van der Waals surface area contributed by atoms with Crippen molar-refractivity contribution in [2.45, 2.75) is 95.8 Å². The molecule has 2 fully saturated rings. The average molecular weight is 403 g/mol. The van der Waals surface area contributed by atoms with Crippen LogP contribution in [0.3, 0.4) is 0 Å². The van der Waals surface area contributed by atoms with Gasteiger partial charge in [0.1, 0.15) is 0 Å². The highest BCUT2D eigenvalue weighted by Gasteiger charge is 2.23. The third-order valence-corrected chi connectivity index (χ3v) is 7.73. The normalized spacial score (nSPS) is 26.9. The van der Waals surface area contributed by atoms with Gasteiger partial charge < -0.3 is 0 Å². The molecule has 0 atom stereocenters. The molecular weight excluding hydrogens is 364 g/mol. The Labute approximate surface area is 184 Å². The summed E-state index contributed by atoms with van der Waals surface area (Å²) >= 11 is 0. The van der Waals surface area contributed by atoms with Crippen molar-refractivity contribution in [1.82, 2.24) is 0 Å². The van der Waals surface area contributed by atoms with Crippen LogP contribution in [0.2, 0.25) is 0 Å². The monoisotopic (exact) mass is 402 g/mol. The van der Waals surface area contributed by atoms with E-state index < -0.39 is 0 Å². The van der Waals surface area contributed by atoms with Gasteiger partial charge >= 0.3 is 0 Å². The van der Waals surface area contributed by atoms with E-state index in [-0.39, 0.29) is 0 Å². The molecule has 1 aromatic carbocycles. The molecule has 3 rings (SSSR count). The number of unbranched alkanes of at least 4 members (excludes halogenated alkanes) is 1. The minimum absolute atomic E-state index is 0.708. The van der Waals surface area contributed by atoms with Crippen molar-refractivity contribution in [3.8, 4) is 12.1 Å². The molecular formula is C28H38N2. The molecule has 0 unspecified atom stereocenters. The highest BCUT2D eigenvalue weighted by Crippen LogP contribution is 2.38. The number of allylic oxidation sites excluding steroid dienone is 2. The van der Waals surface area contributed by atoms with Crippen LogP contribution in [-0.2, 0) is 0 Å².